The van der Waals surface area contributed by atoms with Gasteiger partial charge < -0.3 is 11.1 Å². The Balaban J connectivity index is 1.77. The van der Waals surface area contributed by atoms with Crippen LogP contribution in [0.2, 0.25) is 0 Å². The molecule has 19 heavy (non-hydrogen) atoms. The second-order valence-corrected chi connectivity index (χ2v) is 4.88. The molecule has 4 heteroatoms. The van der Waals surface area contributed by atoms with Gasteiger partial charge in [0.25, 0.3) is 0 Å². The molecule has 1 aliphatic rings. The van der Waals surface area contributed by atoms with Crippen LogP contribution in [0.4, 0.5) is 11.4 Å². The van der Waals surface area contributed by atoms with Crippen LogP contribution in [0.5, 0.6) is 0 Å². The van der Waals surface area contributed by atoms with Crippen LogP contribution < -0.4 is 11.1 Å². The third-order valence-corrected chi connectivity index (χ3v) is 3.24. The van der Waals surface area contributed by atoms with E-state index in [0.717, 1.165) is 25.3 Å². The number of nitrogens with zero attached hydrogens (tertiary/aromatic N) is 1. The number of rotatable bonds is 4. The highest BCUT2D eigenvalue weighted by Gasteiger charge is 2.07. The van der Waals surface area contributed by atoms with Crippen LogP contribution in [0.25, 0.3) is 0 Å². The predicted octanol–water partition coefficient (Wildman–Crippen LogP) is 2.25. The zero-order valence-electron chi connectivity index (χ0n) is 11.1. The van der Waals surface area contributed by atoms with Crippen molar-refractivity contribution < 1.29 is 4.79 Å². The van der Waals surface area contributed by atoms with E-state index in [0.29, 0.717) is 5.69 Å². The number of benzene rings is 1. The van der Waals surface area contributed by atoms with Gasteiger partial charge in [0.05, 0.1) is 0 Å². The molecule has 0 saturated carbocycles. The minimum Gasteiger partial charge on any atom is -0.399 e. The molecule has 0 spiro atoms. The van der Waals surface area contributed by atoms with Gasteiger partial charge in [-0.3, -0.25) is 9.69 Å². The Morgan fingerprint density at radius 2 is 2.11 bits per heavy atom. The van der Waals surface area contributed by atoms with E-state index < -0.39 is 0 Å². The molecule has 1 saturated heterocycles. The summed E-state index contributed by atoms with van der Waals surface area (Å²) in [4.78, 5) is 14.1. The number of nitrogens with two attached hydrogens (primary N) is 1. The summed E-state index contributed by atoms with van der Waals surface area (Å²) in [5.74, 6) is -0.109. The normalized spacial score (nSPS) is 16.6. The number of piperidine rings is 1. The summed E-state index contributed by atoms with van der Waals surface area (Å²) in [7, 11) is 0. The minimum absolute atomic E-state index is 0.109. The van der Waals surface area contributed by atoms with Crippen molar-refractivity contribution in [3.05, 3.63) is 36.4 Å². The van der Waals surface area contributed by atoms with E-state index in [-0.39, 0.29) is 5.91 Å². The lowest BCUT2D eigenvalue weighted by Gasteiger charge is -2.24. The number of anilines is 2. The average Bonchev–Trinajstić information content (AvgIpc) is 2.40. The van der Waals surface area contributed by atoms with E-state index in [9.17, 15) is 4.79 Å². The molecule has 0 radical (unpaired) electrons. The molecule has 4 nitrogen and oxygen atoms in total. The molecule has 1 aliphatic heterocycles. The average molecular weight is 259 g/mol. The van der Waals surface area contributed by atoms with Gasteiger partial charge in [0.1, 0.15) is 0 Å². The number of likely N-dealkylation sites (tertiary alicyclic amines) is 1. The van der Waals surface area contributed by atoms with E-state index in [1.54, 1.807) is 18.2 Å². The van der Waals surface area contributed by atoms with Crippen LogP contribution in [0.15, 0.2) is 36.4 Å². The monoisotopic (exact) mass is 259 g/mol. The topological polar surface area (TPSA) is 58.4 Å². The molecule has 0 bridgehead atoms. The summed E-state index contributed by atoms with van der Waals surface area (Å²) in [5.41, 5.74) is 7.03. The first-order valence-corrected chi connectivity index (χ1v) is 6.79. The van der Waals surface area contributed by atoms with Crippen LogP contribution in [0.1, 0.15) is 19.3 Å². The Hall–Kier alpha value is -1.81. The van der Waals surface area contributed by atoms with Gasteiger partial charge in [-0.1, -0.05) is 18.6 Å². The van der Waals surface area contributed by atoms with Crippen LogP contribution in [0.3, 0.4) is 0 Å². The summed E-state index contributed by atoms with van der Waals surface area (Å²) < 4.78 is 0. The van der Waals surface area contributed by atoms with Crippen molar-refractivity contribution in [1.82, 2.24) is 4.90 Å². The van der Waals surface area contributed by atoms with E-state index >= 15 is 0 Å². The molecule has 1 aromatic rings. The summed E-state index contributed by atoms with van der Waals surface area (Å²) >= 11 is 0. The highest BCUT2D eigenvalue weighted by molar-refractivity contribution is 5.99. The fourth-order valence-electron chi connectivity index (χ4n) is 2.25. The Morgan fingerprint density at radius 3 is 2.84 bits per heavy atom. The van der Waals surface area contributed by atoms with Gasteiger partial charge in [-0.2, -0.15) is 0 Å². The van der Waals surface area contributed by atoms with Gasteiger partial charge in [-0.05, 0) is 44.1 Å². The molecule has 3 N–H and O–H groups in total. The number of carbonyl (C=O) groups excluding carboxylic acids is 1. The van der Waals surface area contributed by atoms with Gasteiger partial charge in [-0.25, -0.2) is 0 Å². The summed E-state index contributed by atoms with van der Waals surface area (Å²) in [6, 6.07) is 7.19. The first-order valence-electron chi connectivity index (χ1n) is 6.79. The molecular weight excluding hydrogens is 238 g/mol. The standard InChI is InChI=1S/C15H21N3O/c16-13-6-4-7-14(12-13)17-15(19)8-5-11-18-9-2-1-3-10-18/h4-8,12H,1-3,9-11,16H2,(H,17,19)/b8-5+. The van der Waals surface area contributed by atoms with Crippen molar-refractivity contribution >= 4 is 17.3 Å². The zero-order valence-corrected chi connectivity index (χ0v) is 11.1. The Bertz CT molecular complexity index is 450. The van der Waals surface area contributed by atoms with Crippen molar-refractivity contribution in [3.8, 4) is 0 Å². The molecule has 1 heterocycles. The third kappa shape index (κ3) is 4.75. The van der Waals surface area contributed by atoms with Gasteiger partial charge in [0.2, 0.25) is 5.91 Å². The maximum Gasteiger partial charge on any atom is 0.248 e. The molecule has 0 aromatic heterocycles. The Morgan fingerprint density at radius 1 is 1.32 bits per heavy atom. The number of amides is 1. The van der Waals surface area contributed by atoms with E-state index in [2.05, 4.69) is 10.2 Å². The molecule has 0 aliphatic carbocycles. The predicted molar refractivity (Wildman–Crippen MR) is 78.9 cm³/mol. The molecule has 1 aromatic carbocycles. The number of nitrogen functional groups attached to an aromatic ring is 1. The first kappa shape index (κ1) is 13.6. The second-order valence-electron chi connectivity index (χ2n) is 4.88. The van der Waals surface area contributed by atoms with Crippen molar-refractivity contribution in [3.63, 3.8) is 0 Å². The smallest absolute Gasteiger partial charge is 0.248 e. The molecule has 0 atom stereocenters. The minimum atomic E-state index is -0.109. The second kappa shape index (κ2) is 6.95. The maximum absolute atomic E-state index is 11.7. The van der Waals surface area contributed by atoms with E-state index in [1.165, 1.54) is 19.3 Å². The number of carbonyl (C=O) groups is 1. The molecule has 2 rings (SSSR count). The molecule has 1 fully saturated rings. The Kier molecular flexibility index (Phi) is 4.98. The van der Waals surface area contributed by atoms with Crippen LogP contribution in [-0.2, 0) is 4.79 Å². The van der Waals surface area contributed by atoms with Gasteiger partial charge >= 0.3 is 0 Å². The zero-order chi connectivity index (χ0) is 13.5. The molecule has 0 unspecified atom stereocenters. The van der Waals surface area contributed by atoms with Crippen molar-refractivity contribution in [2.45, 2.75) is 19.3 Å². The van der Waals surface area contributed by atoms with Crippen molar-refractivity contribution in [2.75, 3.05) is 30.7 Å². The van der Waals surface area contributed by atoms with Crippen LogP contribution in [-0.4, -0.2) is 30.4 Å². The summed E-state index contributed by atoms with van der Waals surface area (Å²) in [5, 5.41) is 2.80. The lowest BCUT2D eigenvalue weighted by Crippen LogP contribution is -2.29. The first-order chi connectivity index (χ1) is 9.24. The number of hydrogen-bond donors (Lipinski definition) is 2. The maximum atomic E-state index is 11.7. The highest BCUT2D eigenvalue weighted by Crippen LogP contribution is 2.11. The molecule has 102 valence electrons. The lowest BCUT2D eigenvalue weighted by atomic mass is 10.1. The van der Waals surface area contributed by atoms with Gasteiger partial charge in [0.15, 0.2) is 0 Å². The van der Waals surface area contributed by atoms with Crippen LogP contribution >= 0.6 is 0 Å². The molecular formula is C15H21N3O. The van der Waals surface area contributed by atoms with Crippen molar-refractivity contribution in [2.24, 2.45) is 0 Å². The summed E-state index contributed by atoms with van der Waals surface area (Å²) in [6.07, 6.45) is 7.38. The fourth-order valence-corrected chi connectivity index (χ4v) is 2.25. The van der Waals surface area contributed by atoms with Gasteiger partial charge in [0, 0.05) is 24.0 Å². The third-order valence-electron chi connectivity index (χ3n) is 3.24. The fraction of sp³-hybridized carbons (Fsp3) is 0.400. The van der Waals surface area contributed by atoms with E-state index in [1.807, 2.05) is 18.2 Å². The van der Waals surface area contributed by atoms with E-state index in [4.69, 9.17) is 5.73 Å². The quantitative estimate of drug-likeness (QED) is 0.644. The highest BCUT2D eigenvalue weighted by atomic mass is 16.1. The van der Waals surface area contributed by atoms with Crippen LogP contribution in [0, 0.1) is 0 Å². The van der Waals surface area contributed by atoms with Gasteiger partial charge in [-0.15, -0.1) is 0 Å². The lowest BCUT2D eigenvalue weighted by molar-refractivity contribution is -0.111. The number of hydrogen-bond acceptors (Lipinski definition) is 3. The molecule has 1 amide bonds. The number of nitrogens with one attached hydrogen (secondary N) is 1. The SMILES string of the molecule is Nc1cccc(NC(=O)/C=C/CN2CCCCC2)c1. The Labute approximate surface area is 114 Å². The van der Waals surface area contributed by atoms with Crippen molar-refractivity contribution in [1.29, 1.82) is 0 Å². The summed E-state index contributed by atoms with van der Waals surface area (Å²) in [6.45, 7) is 3.13. The largest absolute Gasteiger partial charge is 0.399 e.